The number of hydroxylamine groups is 4. The summed E-state index contributed by atoms with van der Waals surface area (Å²) in [4.78, 5) is 147. The Balaban J connectivity index is 0.000000421. The van der Waals surface area contributed by atoms with E-state index < -0.39 is 72.3 Å². The monoisotopic (exact) mass is 1160 g/mol. The number of ether oxygens (including phenoxy) is 4. The van der Waals surface area contributed by atoms with E-state index in [-0.39, 0.29) is 102 Å². The molecule has 2 saturated carbocycles. The fraction of sp³-hybridized carbons (Fsp3) is 0.739. The van der Waals surface area contributed by atoms with Crippen LogP contribution >= 0.6 is 58.8 Å². The third-order valence-electron chi connectivity index (χ3n) is 10.7. The molecule has 0 spiro atoms. The number of rotatable bonds is 34. The molecule has 2 heterocycles. The molecule has 29 heteroatoms. The van der Waals surface area contributed by atoms with Crippen LogP contribution in [-0.4, -0.2) is 191 Å². The van der Waals surface area contributed by atoms with Crippen molar-refractivity contribution in [2.45, 2.75) is 124 Å². The summed E-state index contributed by atoms with van der Waals surface area (Å²) in [6, 6.07) is 0. The molecule has 0 aromatic carbocycles. The van der Waals surface area contributed by atoms with Crippen molar-refractivity contribution >= 4 is 130 Å². The van der Waals surface area contributed by atoms with Crippen LogP contribution in [0.25, 0.3) is 0 Å². The van der Waals surface area contributed by atoms with Gasteiger partial charge in [0.15, 0.2) is 0 Å². The molecule has 4 atom stereocenters. The van der Waals surface area contributed by atoms with E-state index in [9.17, 15) is 57.5 Å². The summed E-state index contributed by atoms with van der Waals surface area (Å²) in [5.74, 6) is -3.54. The number of carbonyl (C=O) groups excluding carboxylic acids is 12. The molecule has 2 aliphatic heterocycles. The summed E-state index contributed by atoms with van der Waals surface area (Å²) in [6.45, 7) is 2.03. The minimum absolute atomic E-state index is 0.0136. The molecule has 424 valence electrons. The normalized spacial score (nSPS) is 18.5. The number of carbonyl (C=O) groups is 12. The Bertz CT molecular complexity index is 1790. The van der Waals surface area contributed by atoms with E-state index in [4.69, 9.17) is 30.4 Å². The molecule has 0 bridgehead atoms. The molecule has 4 fully saturated rings. The van der Waals surface area contributed by atoms with Crippen LogP contribution in [-0.2, 0) is 86.2 Å². The third kappa shape index (κ3) is 29.7. The molecule has 0 radical (unpaired) electrons. The van der Waals surface area contributed by atoms with Crippen LogP contribution in [0.1, 0.15) is 103 Å². The maximum atomic E-state index is 11.8. The number of thioether (sulfide) groups is 5. The highest BCUT2D eigenvalue weighted by Gasteiger charge is 2.35. The van der Waals surface area contributed by atoms with Gasteiger partial charge in [0.05, 0.1) is 38.5 Å². The number of nitrogens with one attached hydrogen (secondary N) is 2. The molecule has 2 aliphatic carbocycles. The largest absolute Gasteiger partial charge is 0.462 e. The van der Waals surface area contributed by atoms with Gasteiger partial charge in [-0.25, -0.2) is 9.59 Å². The Morgan fingerprint density at radius 2 is 0.760 bits per heavy atom. The number of amides is 6. The van der Waals surface area contributed by atoms with E-state index in [1.807, 2.05) is 53.3 Å². The zero-order valence-corrected chi connectivity index (χ0v) is 46.6. The quantitative estimate of drug-likeness (QED) is 0.0308. The lowest BCUT2D eigenvalue weighted by atomic mass is 9.99. The molecule has 4 unspecified atom stereocenters. The van der Waals surface area contributed by atoms with E-state index in [0.29, 0.717) is 28.5 Å². The van der Waals surface area contributed by atoms with Crippen LogP contribution in [0.2, 0.25) is 0 Å². The standard InChI is InChI=1S/C20H34N2O6S3.C18H20N2O12.C8H18N2S2/c1-29-13-9-21-17(23)5-7-19(25)27-11-12-28-20(26)8-6-18(24)22-10-14-31-16-4-3-15(16)30-2;21-11-1-2-12(22)19(11)31-17(27)7-5-15(25)29-9-10-30-16(26)6-8-18(28)32-20-13(23)3-4-14(20)24;9-3-5-11-7-1-2-8(7)12-6-4-10/h15-16H,3-14H2,1-2H3,(H,21,23)(H,22,24);1-10H2;7-8H,1-6,9-10H2. The number of esters is 4. The van der Waals surface area contributed by atoms with Gasteiger partial charge in [-0.1, -0.05) is 0 Å². The van der Waals surface area contributed by atoms with Gasteiger partial charge in [-0.15, -0.1) is 10.1 Å². The minimum atomic E-state index is -0.957. The lowest BCUT2D eigenvalue weighted by Gasteiger charge is -2.35. The van der Waals surface area contributed by atoms with Crippen molar-refractivity contribution in [1.82, 2.24) is 20.8 Å². The van der Waals surface area contributed by atoms with Crippen molar-refractivity contribution in [3.8, 4) is 0 Å². The van der Waals surface area contributed by atoms with E-state index in [0.717, 1.165) is 51.9 Å². The smallest absolute Gasteiger partial charge is 0.333 e. The first-order valence-corrected chi connectivity index (χ1v) is 30.4. The molecule has 6 amide bonds. The Kier molecular flexibility index (Phi) is 35.6. The SMILES string of the molecule is CSCCNC(=O)CCC(=O)OCCOC(=O)CCC(=O)NCCSC1CCC1SC.NCCSC1CCC1SCCN.O=C(CCC(=O)ON1C(=O)CCC1=O)OCCOC(=O)CCC(=O)ON1C(=O)CCC1=O. The Morgan fingerprint density at radius 1 is 0.453 bits per heavy atom. The van der Waals surface area contributed by atoms with Gasteiger partial charge >= 0.3 is 35.8 Å². The molecule has 24 nitrogen and oxygen atoms in total. The second kappa shape index (κ2) is 40.0. The molecule has 4 aliphatic rings. The lowest BCUT2D eigenvalue weighted by Crippen LogP contribution is -2.33. The summed E-state index contributed by atoms with van der Waals surface area (Å²) in [5.41, 5.74) is 10.9. The van der Waals surface area contributed by atoms with Crippen molar-refractivity contribution in [3.05, 3.63) is 0 Å². The first-order chi connectivity index (χ1) is 36.0. The topological polar surface area (TPSA) is 343 Å². The van der Waals surface area contributed by atoms with Gasteiger partial charge in [0, 0.05) is 109 Å². The van der Waals surface area contributed by atoms with Crippen LogP contribution in [0.5, 0.6) is 0 Å². The average Bonchev–Trinajstić information content (AvgIpc) is 3.86. The van der Waals surface area contributed by atoms with Gasteiger partial charge in [0.2, 0.25) is 11.8 Å². The van der Waals surface area contributed by atoms with Crippen LogP contribution in [0.3, 0.4) is 0 Å². The van der Waals surface area contributed by atoms with Crippen molar-refractivity contribution < 1.29 is 86.2 Å². The van der Waals surface area contributed by atoms with Crippen molar-refractivity contribution in [3.63, 3.8) is 0 Å². The fourth-order valence-corrected chi connectivity index (χ4v) is 11.9. The van der Waals surface area contributed by atoms with Crippen molar-refractivity contribution in [2.24, 2.45) is 11.5 Å². The number of imide groups is 2. The second-order valence-electron chi connectivity index (χ2n) is 16.4. The van der Waals surface area contributed by atoms with Gasteiger partial charge < -0.3 is 50.7 Å². The van der Waals surface area contributed by atoms with Gasteiger partial charge in [-0.05, 0) is 38.2 Å². The zero-order valence-electron chi connectivity index (χ0n) is 42.5. The Hall–Kier alpha value is -4.29. The number of hydrogen-bond donors (Lipinski definition) is 4. The van der Waals surface area contributed by atoms with E-state index >= 15 is 0 Å². The maximum absolute atomic E-state index is 11.8. The van der Waals surface area contributed by atoms with Gasteiger partial charge in [0.25, 0.3) is 23.6 Å². The van der Waals surface area contributed by atoms with E-state index in [1.54, 1.807) is 11.8 Å². The fourth-order valence-electron chi connectivity index (χ4n) is 6.39. The van der Waals surface area contributed by atoms with Crippen LogP contribution in [0, 0.1) is 0 Å². The van der Waals surface area contributed by atoms with E-state index in [2.05, 4.69) is 26.6 Å². The van der Waals surface area contributed by atoms with Crippen LogP contribution in [0.15, 0.2) is 0 Å². The number of nitrogens with two attached hydrogens (primary N) is 2. The molecule has 75 heavy (non-hydrogen) atoms. The average molecular weight is 1160 g/mol. The van der Waals surface area contributed by atoms with Crippen molar-refractivity contribution in [1.29, 1.82) is 0 Å². The first-order valence-electron chi connectivity index (χ1n) is 24.6. The summed E-state index contributed by atoms with van der Waals surface area (Å²) < 4.78 is 19.4. The molecule has 2 saturated heterocycles. The number of hydrogen-bond acceptors (Lipinski definition) is 25. The second-order valence-corrected chi connectivity index (χ2v) is 22.5. The Labute approximate surface area is 458 Å². The summed E-state index contributed by atoms with van der Waals surface area (Å²) in [5, 5.41) is 9.41. The number of nitrogens with zero attached hydrogens (tertiary/aromatic N) is 2. The maximum Gasteiger partial charge on any atom is 0.333 e. The van der Waals surface area contributed by atoms with Gasteiger partial charge in [0.1, 0.15) is 26.4 Å². The van der Waals surface area contributed by atoms with E-state index in [1.165, 1.54) is 25.7 Å². The molecular formula is C46H72N6O18S5. The van der Waals surface area contributed by atoms with Gasteiger partial charge in [-0.2, -0.15) is 58.8 Å². The summed E-state index contributed by atoms with van der Waals surface area (Å²) >= 11 is 9.50. The Morgan fingerprint density at radius 3 is 1.08 bits per heavy atom. The predicted molar refractivity (Wildman–Crippen MR) is 282 cm³/mol. The van der Waals surface area contributed by atoms with Gasteiger partial charge in [-0.3, -0.25) is 47.9 Å². The highest BCUT2D eigenvalue weighted by atomic mass is 32.2. The molecule has 0 aromatic rings. The highest BCUT2D eigenvalue weighted by Crippen LogP contribution is 2.40. The molecule has 6 N–H and O–H groups in total. The summed E-state index contributed by atoms with van der Waals surface area (Å²) in [7, 11) is 0. The summed E-state index contributed by atoms with van der Waals surface area (Å²) in [6.07, 6.45) is 7.66. The van der Waals surface area contributed by atoms with Crippen LogP contribution in [0.4, 0.5) is 0 Å². The third-order valence-corrected chi connectivity index (χ3v) is 17.2. The van der Waals surface area contributed by atoms with Crippen molar-refractivity contribution in [2.75, 3.05) is 88.1 Å². The zero-order chi connectivity index (χ0) is 55.4. The molecule has 0 aromatic heterocycles. The lowest BCUT2D eigenvalue weighted by molar-refractivity contribution is -0.197. The van der Waals surface area contributed by atoms with Crippen LogP contribution < -0.4 is 22.1 Å². The minimum Gasteiger partial charge on any atom is -0.462 e. The molecule has 4 rings (SSSR count). The molecular weight excluding hydrogens is 1080 g/mol. The highest BCUT2D eigenvalue weighted by molar-refractivity contribution is 8.04. The predicted octanol–water partition coefficient (Wildman–Crippen LogP) is 1.60. The first kappa shape index (κ1) is 66.8.